The highest BCUT2D eigenvalue weighted by molar-refractivity contribution is 6.31. The fraction of sp³-hybridized carbons (Fsp3) is 0.308. The van der Waals surface area contributed by atoms with Crippen molar-refractivity contribution in [2.75, 3.05) is 5.32 Å². The minimum atomic E-state index is -0.115. The Morgan fingerprint density at radius 3 is 2.84 bits per heavy atom. The highest BCUT2D eigenvalue weighted by Gasteiger charge is 2.07. The fourth-order valence-electron chi connectivity index (χ4n) is 1.64. The summed E-state index contributed by atoms with van der Waals surface area (Å²) < 4.78 is 0. The first kappa shape index (κ1) is 13.5. The molecular formula is C13H15ClN4O. The molecule has 1 aromatic carbocycles. The number of carbonyl (C=O) groups is 1. The Kier molecular flexibility index (Phi) is 4.16. The normalized spacial score (nSPS) is 10.5. The van der Waals surface area contributed by atoms with Gasteiger partial charge in [0.05, 0.1) is 0 Å². The van der Waals surface area contributed by atoms with Crippen molar-refractivity contribution in [1.29, 1.82) is 0 Å². The van der Waals surface area contributed by atoms with E-state index in [1.165, 1.54) is 0 Å². The molecule has 5 nitrogen and oxygen atoms in total. The maximum absolute atomic E-state index is 11.7. The monoisotopic (exact) mass is 278 g/mol. The summed E-state index contributed by atoms with van der Waals surface area (Å²) in [4.78, 5) is 15.7. The van der Waals surface area contributed by atoms with E-state index in [0.717, 1.165) is 16.1 Å². The molecule has 0 fully saturated rings. The number of halogens is 1. The number of anilines is 1. The summed E-state index contributed by atoms with van der Waals surface area (Å²) in [5, 5.41) is 9.87. The molecule has 1 heterocycles. The van der Waals surface area contributed by atoms with Gasteiger partial charge in [0.1, 0.15) is 5.82 Å². The van der Waals surface area contributed by atoms with Crippen molar-refractivity contribution in [2.45, 2.75) is 26.7 Å². The van der Waals surface area contributed by atoms with E-state index in [-0.39, 0.29) is 5.91 Å². The molecule has 19 heavy (non-hydrogen) atoms. The summed E-state index contributed by atoms with van der Waals surface area (Å²) >= 11 is 6.04. The second-order valence-corrected chi connectivity index (χ2v) is 4.78. The molecule has 0 aliphatic heterocycles. The number of hydrogen-bond donors (Lipinski definition) is 2. The second kappa shape index (κ2) is 5.84. The van der Waals surface area contributed by atoms with E-state index in [9.17, 15) is 4.79 Å². The van der Waals surface area contributed by atoms with Gasteiger partial charge < -0.3 is 0 Å². The van der Waals surface area contributed by atoms with Crippen LogP contribution in [-0.4, -0.2) is 21.1 Å². The van der Waals surface area contributed by atoms with Crippen LogP contribution >= 0.6 is 11.6 Å². The highest BCUT2D eigenvalue weighted by atomic mass is 35.5. The van der Waals surface area contributed by atoms with Crippen LogP contribution < -0.4 is 5.32 Å². The lowest BCUT2D eigenvalue weighted by atomic mass is 10.1. The van der Waals surface area contributed by atoms with Crippen LogP contribution in [0.5, 0.6) is 0 Å². The third-order valence-corrected chi connectivity index (χ3v) is 3.13. The molecule has 1 aromatic heterocycles. The van der Waals surface area contributed by atoms with Gasteiger partial charge in [-0.25, -0.2) is 0 Å². The van der Waals surface area contributed by atoms with Gasteiger partial charge in [-0.3, -0.25) is 15.2 Å². The Morgan fingerprint density at radius 1 is 1.42 bits per heavy atom. The van der Waals surface area contributed by atoms with Crippen LogP contribution in [0.15, 0.2) is 18.2 Å². The van der Waals surface area contributed by atoms with E-state index in [1.807, 2.05) is 25.1 Å². The molecule has 0 radical (unpaired) electrons. The summed E-state index contributed by atoms with van der Waals surface area (Å²) in [5.41, 5.74) is 2.07. The predicted octanol–water partition coefficient (Wildman–Crippen LogP) is 2.65. The number of nitrogens with zero attached hydrogens (tertiary/aromatic N) is 2. The summed E-state index contributed by atoms with van der Waals surface area (Å²) in [6.45, 7) is 3.72. The van der Waals surface area contributed by atoms with Gasteiger partial charge in [0.25, 0.3) is 0 Å². The van der Waals surface area contributed by atoms with Crippen LogP contribution in [0.1, 0.15) is 23.4 Å². The molecule has 0 bridgehead atoms. The number of amides is 1. The third kappa shape index (κ3) is 3.79. The SMILES string of the molecule is Cc1nc(NC(=O)CCc2ccc(C)c(Cl)c2)n[nH]1. The molecule has 1 amide bonds. The van der Waals surface area contributed by atoms with Crippen molar-refractivity contribution < 1.29 is 4.79 Å². The fourth-order valence-corrected chi connectivity index (χ4v) is 1.84. The number of hydrogen-bond acceptors (Lipinski definition) is 3. The van der Waals surface area contributed by atoms with Gasteiger partial charge in [0.2, 0.25) is 11.9 Å². The third-order valence-electron chi connectivity index (χ3n) is 2.73. The van der Waals surface area contributed by atoms with Gasteiger partial charge in [-0.05, 0) is 37.5 Å². The maximum atomic E-state index is 11.7. The Balaban J connectivity index is 1.88. The Bertz CT molecular complexity index is 594. The Morgan fingerprint density at radius 2 is 2.21 bits per heavy atom. The number of nitrogens with one attached hydrogen (secondary N) is 2. The van der Waals surface area contributed by atoms with Crippen molar-refractivity contribution in [3.05, 3.63) is 40.2 Å². The number of H-pyrrole nitrogens is 1. The number of carbonyl (C=O) groups excluding carboxylic acids is 1. The maximum Gasteiger partial charge on any atom is 0.248 e. The number of aromatic nitrogens is 3. The van der Waals surface area contributed by atoms with Gasteiger partial charge in [-0.2, -0.15) is 4.98 Å². The van der Waals surface area contributed by atoms with Crippen LogP contribution in [0, 0.1) is 13.8 Å². The molecule has 2 rings (SSSR count). The zero-order valence-corrected chi connectivity index (χ0v) is 11.6. The molecule has 0 atom stereocenters. The van der Waals surface area contributed by atoms with Crippen LogP contribution in [0.25, 0.3) is 0 Å². The van der Waals surface area contributed by atoms with E-state index in [1.54, 1.807) is 6.92 Å². The first-order valence-corrected chi connectivity index (χ1v) is 6.36. The number of aromatic amines is 1. The quantitative estimate of drug-likeness (QED) is 0.903. The lowest BCUT2D eigenvalue weighted by molar-refractivity contribution is -0.116. The summed E-state index contributed by atoms with van der Waals surface area (Å²) in [6.07, 6.45) is 1.00. The molecule has 2 N–H and O–H groups in total. The van der Waals surface area contributed by atoms with Crippen molar-refractivity contribution in [1.82, 2.24) is 15.2 Å². The first-order valence-electron chi connectivity index (χ1n) is 5.98. The van der Waals surface area contributed by atoms with E-state index in [0.29, 0.717) is 24.6 Å². The van der Waals surface area contributed by atoms with Gasteiger partial charge in [0.15, 0.2) is 0 Å². The largest absolute Gasteiger partial charge is 0.293 e. The minimum absolute atomic E-state index is 0.115. The molecule has 0 spiro atoms. The van der Waals surface area contributed by atoms with E-state index < -0.39 is 0 Å². The molecule has 0 aliphatic carbocycles. The topological polar surface area (TPSA) is 70.7 Å². The van der Waals surface area contributed by atoms with Crippen LogP contribution in [0.3, 0.4) is 0 Å². The molecule has 0 saturated carbocycles. The van der Waals surface area contributed by atoms with Crippen LogP contribution in [-0.2, 0) is 11.2 Å². The summed E-state index contributed by atoms with van der Waals surface area (Å²) in [6, 6.07) is 5.82. The van der Waals surface area contributed by atoms with Gasteiger partial charge in [-0.1, -0.05) is 23.7 Å². The van der Waals surface area contributed by atoms with Gasteiger partial charge in [0, 0.05) is 11.4 Å². The molecule has 2 aromatic rings. The molecule has 0 unspecified atom stereocenters. The first-order chi connectivity index (χ1) is 9.04. The standard InChI is InChI=1S/C13H15ClN4O/c1-8-3-4-10(7-11(8)14)5-6-12(19)16-13-15-9(2)17-18-13/h3-4,7H,5-6H2,1-2H3,(H2,15,16,17,18,19). The predicted molar refractivity (Wildman–Crippen MR) is 74.3 cm³/mol. The lowest BCUT2D eigenvalue weighted by Gasteiger charge is -2.04. The molecule has 0 saturated heterocycles. The van der Waals surface area contributed by atoms with E-state index in [2.05, 4.69) is 20.5 Å². The van der Waals surface area contributed by atoms with Gasteiger partial charge >= 0.3 is 0 Å². The minimum Gasteiger partial charge on any atom is -0.293 e. The average molecular weight is 279 g/mol. The van der Waals surface area contributed by atoms with Crippen LogP contribution in [0.2, 0.25) is 5.02 Å². The number of aryl methyl sites for hydroxylation is 3. The zero-order valence-electron chi connectivity index (χ0n) is 10.8. The Labute approximate surface area is 116 Å². The van der Waals surface area contributed by atoms with Crippen molar-refractivity contribution in [3.63, 3.8) is 0 Å². The molecule has 100 valence electrons. The molecule has 0 aliphatic rings. The van der Waals surface area contributed by atoms with Crippen LogP contribution in [0.4, 0.5) is 5.95 Å². The molecular weight excluding hydrogens is 264 g/mol. The van der Waals surface area contributed by atoms with Crippen molar-refractivity contribution in [3.8, 4) is 0 Å². The lowest BCUT2D eigenvalue weighted by Crippen LogP contribution is -2.13. The summed E-state index contributed by atoms with van der Waals surface area (Å²) in [7, 11) is 0. The summed E-state index contributed by atoms with van der Waals surface area (Å²) in [5.74, 6) is 0.862. The number of rotatable bonds is 4. The van der Waals surface area contributed by atoms with Crippen molar-refractivity contribution >= 4 is 23.5 Å². The van der Waals surface area contributed by atoms with E-state index >= 15 is 0 Å². The average Bonchev–Trinajstić information content (AvgIpc) is 2.76. The van der Waals surface area contributed by atoms with Gasteiger partial charge in [-0.15, -0.1) is 5.10 Å². The smallest absolute Gasteiger partial charge is 0.248 e. The van der Waals surface area contributed by atoms with E-state index in [4.69, 9.17) is 11.6 Å². The Hall–Kier alpha value is -1.88. The highest BCUT2D eigenvalue weighted by Crippen LogP contribution is 2.17. The number of benzene rings is 1. The van der Waals surface area contributed by atoms with Crippen molar-refractivity contribution in [2.24, 2.45) is 0 Å². The molecule has 6 heteroatoms. The second-order valence-electron chi connectivity index (χ2n) is 4.38. The zero-order chi connectivity index (χ0) is 13.8.